The highest BCUT2D eigenvalue weighted by atomic mass is 35.5. The Balaban J connectivity index is 2.53. The third kappa shape index (κ3) is 2.18. The van der Waals surface area contributed by atoms with Gasteiger partial charge in [0.1, 0.15) is 5.75 Å². The molecule has 2 rings (SSSR count). The van der Waals surface area contributed by atoms with Crippen LogP contribution in [0, 0.1) is 5.41 Å². The first-order valence-corrected chi connectivity index (χ1v) is 5.80. The van der Waals surface area contributed by atoms with Crippen molar-refractivity contribution in [3.05, 3.63) is 27.7 Å². The molecule has 0 unspecified atom stereocenters. The average Bonchev–Trinajstić information content (AvgIpc) is 2.22. The molecular formula is C12H12Cl2O2. The summed E-state index contributed by atoms with van der Waals surface area (Å²) < 4.78 is 5.61. The van der Waals surface area contributed by atoms with Crippen LogP contribution in [0.1, 0.15) is 30.6 Å². The van der Waals surface area contributed by atoms with Gasteiger partial charge in [0.2, 0.25) is 0 Å². The SMILES string of the molecule is CC1(C)COc2cc(Cl)cc(Cl)c2C(=O)C1. The fourth-order valence-electron chi connectivity index (χ4n) is 1.78. The van der Waals surface area contributed by atoms with Crippen molar-refractivity contribution >= 4 is 29.0 Å². The smallest absolute Gasteiger partial charge is 0.168 e. The number of hydrogen-bond acceptors (Lipinski definition) is 2. The van der Waals surface area contributed by atoms with Gasteiger partial charge in [-0.05, 0) is 12.1 Å². The molecule has 0 aliphatic carbocycles. The highest BCUT2D eigenvalue weighted by molar-refractivity contribution is 6.37. The summed E-state index contributed by atoms with van der Waals surface area (Å²) in [5.41, 5.74) is 0.281. The highest BCUT2D eigenvalue weighted by Gasteiger charge is 2.31. The van der Waals surface area contributed by atoms with Crippen molar-refractivity contribution in [1.82, 2.24) is 0 Å². The van der Waals surface area contributed by atoms with E-state index in [9.17, 15) is 4.79 Å². The van der Waals surface area contributed by atoms with Crippen LogP contribution in [-0.4, -0.2) is 12.4 Å². The van der Waals surface area contributed by atoms with Crippen LogP contribution in [0.15, 0.2) is 12.1 Å². The summed E-state index contributed by atoms with van der Waals surface area (Å²) in [5, 5.41) is 0.849. The van der Waals surface area contributed by atoms with E-state index < -0.39 is 0 Å². The molecule has 1 aliphatic rings. The number of benzene rings is 1. The van der Waals surface area contributed by atoms with Crippen molar-refractivity contribution in [2.45, 2.75) is 20.3 Å². The summed E-state index contributed by atoms with van der Waals surface area (Å²) in [6.45, 7) is 4.47. The standard InChI is InChI=1S/C12H12Cl2O2/c1-12(2)5-9(15)11-8(14)3-7(13)4-10(11)16-6-12/h3-4H,5-6H2,1-2H3. The summed E-state index contributed by atoms with van der Waals surface area (Å²) in [6.07, 6.45) is 0.432. The van der Waals surface area contributed by atoms with Crippen LogP contribution >= 0.6 is 23.2 Å². The van der Waals surface area contributed by atoms with Crippen LogP contribution in [0.3, 0.4) is 0 Å². The first kappa shape index (κ1) is 11.7. The minimum absolute atomic E-state index is 0.0131. The van der Waals surface area contributed by atoms with Gasteiger partial charge in [-0.25, -0.2) is 0 Å². The Bertz CT molecular complexity index is 453. The van der Waals surface area contributed by atoms with Crippen LogP contribution in [0.25, 0.3) is 0 Å². The van der Waals surface area contributed by atoms with Gasteiger partial charge in [0.15, 0.2) is 5.78 Å². The Labute approximate surface area is 104 Å². The van der Waals surface area contributed by atoms with Crippen molar-refractivity contribution in [3.63, 3.8) is 0 Å². The molecule has 1 heterocycles. The van der Waals surface area contributed by atoms with Gasteiger partial charge in [-0.1, -0.05) is 37.0 Å². The Morgan fingerprint density at radius 2 is 2.00 bits per heavy atom. The lowest BCUT2D eigenvalue weighted by atomic mass is 9.87. The summed E-state index contributed by atoms with van der Waals surface area (Å²) >= 11 is 11.9. The number of ketones is 1. The summed E-state index contributed by atoms with van der Waals surface area (Å²) in [7, 11) is 0. The normalized spacial score (nSPS) is 18.6. The van der Waals surface area contributed by atoms with Crippen LogP contribution < -0.4 is 4.74 Å². The van der Waals surface area contributed by atoms with Crippen molar-refractivity contribution in [2.75, 3.05) is 6.61 Å². The van der Waals surface area contributed by atoms with E-state index in [4.69, 9.17) is 27.9 Å². The topological polar surface area (TPSA) is 26.3 Å². The number of ether oxygens (including phenoxy) is 1. The van der Waals surface area contributed by atoms with E-state index in [1.54, 1.807) is 12.1 Å². The van der Waals surface area contributed by atoms with Gasteiger partial charge < -0.3 is 4.74 Å². The van der Waals surface area contributed by atoms with E-state index in [-0.39, 0.29) is 11.2 Å². The van der Waals surface area contributed by atoms with Gasteiger partial charge in [-0.3, -0.25) is 4.79 Å². The fraction of sp³-hybridized carbons (Fsp3) is 0.417. The zero-order valence-corrected chi connectivity index (χ0v) is 10.7. The van der Waals surface area contributed by atoms with Crippen LogP contribution in [-0.2, 0) is 0 Å². The molecule has 0 N–H and O–H groups in total. The van der Waals surface area contributed by atoms with Gasteiger partial charge in [-0.15, -0.1) is 0 Å². The molecule has 0 radical (unpaired) electrons. The molecule has 0 amide bonds. The van der Waals surface area contributed by atoms with Crippen molar-refractivity contribution in [3.8, 4) is 5.75 Å². The number of fused-ring (bicyclic) bond motifs is 1. The number of hydrogen-bond donors (Lipinski definition) is 0. The van der Waals surface area contributed by atoms with E-state index in [0.29, 0.717) is 34.4 Å². The molecule has 16 heavy (non-hydrogen) atoms. The maximum Gasteiger partial charge on any atom is 0.168 e. The first-order chi connectivity index (χ1) is 7.39. The van der Waals surface area contributed by atoms with E-state index >= 15 is 0 Å². The summed E-state index contributed by atoms with van der Waals surface area (Å²) in [4.78, 5) is 12.0. The first-order valence-electron chi connectivity index (χ1n) is 5.04. The lowest BCUT2D eigenvalue weighted by Crippen LogP contribution is -2.21. The number of carbonyl (C=O) groups is 1. The lowest BCUT2D eigenvalue weighted by Gasteiger charge is -2.19. The highest BCUT2D eigenvalue weighted by Crippen LogP contribution is 2.37. The average molecular weight is 259 g/mol. The van der Waals surface area contributed by atoms with Gasteiger partial charge in [0.05, 0.1) is 17.2 Å². The zero-order valence-electron chi connectivity index (χ0n) is 9.14. The Morgan fingerprint density at radius 1 is 1.31 bits per heavy atom. The number of Topliss-reactive ketones (excluding diaryl/α,β-unsaturated/α-hetero) is 1. The molecule has 0 fully saturated rings. The largest absolute Gasteiger partial charge is 0.492 e. The van der Waals surface area contributed by atoms with Crippen LogP contribution in [0.5, 0.6) is 5.75 Å². The van der Waals surface area contributed by atoms with Gasteiger partial charge >= 0.3 is 0 Å². The molecule has 0 bridgehead atoms. The molecular weight excluding hydrogens is 247 g/mol. The van der Waals surface area contributed by atoms with E-state index in [1.807, 2.05) is 13.8 Å². The van der Waals surface area contributed by atoms with E-state index in [2.05, 4.69) is 0 Å². The zero-order chi connectivity index (χ0) is 11.9. The Hall–Kier alpha value is -0.730. The van der Waals surface area contributed by atoms with Crippen LogP contribution in [0.4, 0.5) is 0 Å². The maximum atomic E-state index is 12.0. The van der Waals surface area contributed by atoms with E-state index in [0.717, 1.165) is 0 Å². The van der Waals surface area contributed by atoms with Crippen LogP contribution in [0.2, 0.25) is 10.0 Å². The van der Waals surface area contributed by atoms with Crippen molar-refractivity contribution in [1.29, 1.82) is 0 Å². The predicted molar refractivity (Wildman–Crippen MR) is 64.7 cm³/mol. The Kier molecular flexibility index (Phi) is 2.89. The van der Waals surface area contributed by atoms with Gasteiger partial charge in [-0.2, -0.15) is 0 Å². The molecule has 1 aromatic carbocycles. The molecule has 0 saturated carbocycles. The minimum atomic E-state index is -0.175. The van der Waals surface area contributed by atoms with Crippen molar-refractivity contribution in [2.24, 2.45) is 5.41 Å². The molecule has 0 spiro atoms. The quantitative estimate of drug-likeness (QED) is 0.704. The minimum Gasteiger partial charge on any atom is -0.492 e. The molecule has 1 aromatic rings. The lowest BCUT2D eigenvalue weighted by molar-refractivity contribution is 0.0918. The number of halogens is 2. The second-order valence-corrected chi connectivity index (χ2v) is 5.66. The molecule has 1 aliphatic heterocycles. The monoisotopic (exact) mass is 258 g/mol. The molecule has 0 saturated heterocycles. The molecule has 2 nitrogen and oxygen atoms in total. The fourth-order valence-corrected chi connectivity index (χ4v) is 2.36. The third-order valence-corrected chi connectivity index (χ3v) is 3.07. The van der Waals surface area contributed by atoms with Crippen molar-refractivity contribution < 1.29 is 9.53 Å². The Morgan fingerprint density at radius 3 is 2.69 bits per heavy atom. The molecule has 4 heteroatoms. The third-order valence-electron chi connectivity index (χ3n) is 2.56. The molecule has 0 atom stereocenters. The van der Waals surface area contributed by atoms with E-state index in [1.165, 1.54) is 0 Å². The maximum absolute atomic E-state index is 12.0. The number of carbonyl (C=O) groups excluding carboxylic acids is 1. The van der Waals surface area contributed by atoms with Gasteiger partial charge in [0, 0.05) is 16.9 Å². The second kappa shape index (κ2) is 3.94. The van der Waals surface area contributed by atoms with Gasteiger partial charge in [0.25, 0.3) is 0 Å². The number of rotatable bonds is 0. The summed E-state index contributed by atoms with van der Waals surface area (Å²) in [5.74, 6) is 0.507. The predicted octanol–water partition coefficient (Wildman–Crippen LogP) is 3.98. The molecule has 0 aromatic heterocycles. The summed E-state index contributed by atoms with van der Waals surface area (Å²) in [6, 6.07) is 3.21. The molecule has 86 valence electrons. The second-order valence-electron chi connectivity index (χ2n) is 4.81.